The second kappa shape index (κ2) is 12.1. The van der Waals surface area contributed by atoms with E-state index in [1.165, 1.54) is 0 Å². The van der Waals surface area contributed by atoms with Crippen LogP contribution in [0, 0.1) is 0 Å². The summed E-state index contributed by atoms with van der Waals surface area (Å²) in [6.07, 6.45) is -6.44. The number of ether oxygens (including phenoxy) is 4. The average molecular weight is 602 g/mol. The van der Waals surface area contributed by atoms with Crippen LogP contribution in [0.5, 0.6) is 0 Å². The normalized spacial score (nSPS) is 23.3. The molecular weight excluding hydrogens is 579 g/mol. The molecule has 8 nitrogen and oxygen atoms in total. The van der Waals surface area contributed by atoms with E-state index < -0.39 is 48.6 Å². The van der Waals surface area contributed by atoms with Crippen molar-refractivity contribution >= 4 is 40.5 Å². The summed E-state index contributed by atoms with van der Waals surface area (Å²) in [5, 5.41) is 10.8. The summed E-state index contributed by atoms with van der Waals surface area (Å²) in [5.74, 6) is -2.17. The molecule has 0 aliphatic carbocycles. The summed E-state index contributed by atoms with van der Waals surface area (Å²) in [6, 6.07) is 24.6. The van der Waals surface area contributed by atoms with Crippen LogP contribution >= 0.6 is 22.6 Å². The van der Waals surface area contributed by atoms with Crippen molar-refractivity contribution in [3.8, 4) is 0 Å². The molecule has 3 aromatic rings. The van der Waals surface area contributed by atoms with Crippen molar-refractivity contribution in [2.45, 2.75) is 30.7 Å². The number of esters is 3. The van der Waals surface area contributed by atoms with Crippen LogP contribution in [0.4, 0.5) is 0 Å². The summed E-state index contributed by atoms with van der Waals surface area (Å²) in [6.45, 7) is 0. The predicted octanol–water partition coefficient (Wildman–Crippen LogP) is 3.82. The molecule has 186 valence electrons. The second-order valence-corrected chi connectivity index (χ2v) is 8.81. The smallest absolute Gasteiger partial charge is 0.338 e. The highest BCUT2D eigenvalue weighted by molar-refractivity contribution is 14.1. The minimum atomic E-state index is -1.63. The lowest BCUT2D eigenvalue weighted by atomic mass is 9.98. The van der Waals surface area contributed by atoms with E-state index in [9.17, 15) is 19.5 Å². The third-order valence-electron chi connectivity index (χ3n) is 5.52. The Kier molecular flexibility index (Phi) is 8.68. The largest absolute Gasteiger partial charge is 0.452 e. The summed E-state index contributed by atoms with van der Waals surface area (Å²) in [5.41, 5.74) is 0.749. The Morgan fingerprint density at radius 1 is 0.639 bits per heavy atom. The maximum absolute atomic E-state index is 13.0. The summed E-state index contributed by atoms with van der Waals surface area (Å²) >= 11 is 2.01. The number of carbonyl (C=O) groups excluding carboxylic acids is 3. The predicted molar refractivity (Wildman–Crippen MR) is 137 cm³/mol. The van der Waals surface area contributed by atoms with Crippen LogP contribution in [0.3, 0.4) is 0 Å². The number of aliphatic hydroxyl groups is 1. The van der Waals surface area contributed by atoms with Gasteiger partial charge >= 0.3 is 17.9 Å². The quantitative estimate of drug-likeness (QED) is 0.188. The van der Waals surface area contributed by atoms with Crippen molar-refractivity contribution in [2.24, 2.45) is 0 Å². The van der Waals surface area contributed by atoms with E-state index in [0.717, 1.165) is 0 Å². The number of alkyl halides is 1. The minimum absolute atomic E-state index is 0.228. The Hall–Kier alpha value is -3.28. The van der Waals surface area contributed by atoms with E-state index in [-0.39, 0.29) is 16.7 Å². The number of aliphatic hydroxyl groups excluding tert-OH is 1. The molecule has 0 amide bonds. The molecular formula is C27H23IO8. The Morgan fingerprint density at radius 3 is 1.39 bits per heavy atom. The van der Waals surface area contributed by atoms with Gasteiger partial charge in [0.2, 0.25) is 0 Å². The molecule has 1 aliphatic rings. The molecule has 5 atom stereocenters. The molecule has 0 bridgehead atoms. The third-order valence-corrected chi connectivity index (χ3v) is 6.39. The molecule has 0 spiro atoms. The van der Waals surface area contributed by atoms with Gasteiger partial charge in [-0.25, -0.2) is 14.4 Å². The molecule has 36 heavy (non-hydrogen) atoms. The van der Waals surface area contributed by atoms with Gasteiger partial charge in [0.25, 0.3) is 0 Å². The minimum Gasteiger partial charge on any atom is -0.452 e. The fourth-order valence-corrected chi connectivity index (χ4v) is 4.43. The average Bonchev–Trinajstić information content (AvgIpc) is 2.93. The van der Waals surface area contributed by atoms with Crippen LogP contribution in [0.2, 0.25) is 0 Å². The number of hydrogen-bond donors (Lipinski definition) is 1. The van der Waals surface area contributed by atoms with Crippen molar-refractivity contribution in [1.82, 2.24) is 0 Å². The third kappa shape index (κ3) is 6.10. The molecule has 4 rings (SSSR count). The zero-order valence-electron chi connectivity index (χ0n) is 18.9. The van der Waals surface area contributed by atoms with E-state index in [4.69, 9.17) is 18.9 Å². The van der Waals surface area contributed by atoms with Gasteiger partial charge in [-0.2, -0.15) is 0 Å². The molecule has 1 N–H and O–H groups in total. The fourth-order valence-electron chi connectivity index (χ4n) is 3.72. The zero-order chi connectivity index (χ0) is 25.5. The molecule has 0 aromatic heterocycles. The maximum Gasteiger partial charge on any atom is 0.338 e. The molecule has 3 aromatic carbocycles. The maximum atomic E-state index is 13.0. The SMILES string of the molecule is O=C(O[C@H]1[C@H](OC(=O)c2ccccc2)C(O)OC(CI)[C@H]1OC(=O)c1ccccc1)c1ccccc1. The summed E-state index contributed by atoms with van der Waals surface area (Å²) in [4.78, 5) is 38.7. The number of carbonyl (C=O) groups is 3. The van der Waals surface area contributed by atoms with E-state index in [1.807, 2.05) is 22.6 Å². The first-order valence-electron chi connectivity index (χ1n) is 11.2. The van der Waals surface area contributed by atoms with Gasteiger partial charge in [-0.15, -0.1) is 0 Å². The Bertz CT molecular complexity index is 1170. The van der Waals surface area contributed by atoms with Gasteiger partial charge in [0.05, 0.1) is 16.7 Å². The molecule has 1 heterocycles. The Balaban J connectivity index is 1.66. The van der Waals surface area contributed by atoms with E-state index in [1.54, 1.807) is 91.0 Å². The highest BCUT2D eigenvalue weighted by atomic mass is 127. The van der Waals surface area contributed by atoms with Gasteiger partial charge in [-0.1, -0.05) is 77.2 Å². The lowest BCUT2D eigenvalue weighted by Gasteiger charge is -2.42. The van der Waals surface area contributed by atoms with Crippen LogP contribution in [0.1, 0.15) is 31.1 Å². The topological polar surface area (TPSA) is 108 Å². The number of halogens is 1. The highest BCUT2D eigenvalue weighted by Crippen LogP contribution is 2.30. The first-order valence-corrected chi connectivity index (χ1v) is 12.7. The van der Waals surface area contributed by atoms with Gasteiger partial charge < -0.3 is 24.1 Å². The van der Waals surface area contributed by atoms with Gasteiger partial charge in [-0.05, 0) is 36.4 Å². The lowest BCUT2D eigenvalue weighted by Crippen LogP contribution is -2.62. The van der Waals surface area contributed by atoms with E-state index in [0.29, 0.717) is 4.43 Å². The van der Waals surface area contributed by atoms with Crippen LogP contribution in [-0.4, -0.2) is 58.1 Å². The molecule has 1 fully saturated rings. The second-order valence-electron chi connectivity index (χ2n) is 7.93. The fraction of sp³-hybridized carbons (Fsp3) is 0.222. The summed E-state index contributed by atoms with van der Waals surface area (Å²) < 4.78 is 23.0. The first kappa shape index (κ1) is 25.8. The standard InChI is InChI=1S/C27H23IO8/c28-16-20-21(34-24(29)17-10-4-1-5-11-17)22(35-25(30)18-12-6-2-7-13-18)23(27(32)33-20)36-26(31)19-14-8-3-9-15-19/h1-15,20-23,27,32H,16H2/t20?,21-,22-,23+,27?/m1/s1. The van der Waals surface area contributed by atoms with Gasteiger partial charge in [-0.3, -0.25) is 0 Å². The van der Waals surface area contributed by atoms with Gasteiger partial charge in [0.15, 0.2) is 24.6 Å². The van der Waals surface area contributed by atoms with Crippen LogP contribution in [0.25, 0.3) is 0 Å². The number of hydrogen-bond acceptors (Lipinski definition) is 8. The highest BCUT2D eigenvalue weighted by Gasteiger charge is 2.51. The first-order chi connectivity index (χ1) is 17.5. The summed E-state index contributed by atoms with van der Waals surface area (Å²) in [7, 11) is 0. The lowest BCUT2D eigenvalue weighted by molar-refractivity contribution is -0.274. The zero-order valence-corrected chi connectivity index (χ0v) is 21.1. The molecule has 9 heteroatoms. The van der Waals surface area contributed by atoms with Gasteiger partial charge in [0.1, 0.15) is 6.10 Å². The van der Waals surface area contributed by atoms with Crippen molar-refractivity contribution in [2.75, 3.05) is 4.43 Å². The van der Waals surface area contributed by atoms with Crippen molar-refractivity contribution in [3.05, 3.63) is 108 Å². The number of rotatable bonds is 7. The molecule has 0 radical (unpaired) electrons. The van der Waals surface area contributed by atoms with Crippen molar-refractivity contribution < 1.29 is 38.4 Å². The molecule has 2 unspecified atom stereocenters. The van der Waals surface area contributed by atoms with Crippen LogP contribution < -0.4 is 0 Å². The monoisotopic (exact) mass is 602 g/mol. The number of benzene rings is 3. The Morgan fingerprint density at radius 2 is 1.00 bits per heavy atom. The molecule has 1 aliphatic heterocycles. The Labute approximate surface area is 221 Å². The van der Waals surface area contributed by atoms with Crippen molar-refractivity contribution in [3.63, 3.8) is 0 Å². The van der Waals surface area contributed by atoms with E-state index >= 15 is 0 Å². The van der Waals surface area contributed by atoms with Crippen LogP contribution in [-0.2, 0) is 18.9 Å². The molecule has 0 saturated carbocycles. The van der Waals surface area contributed by atoms with Crippen LogP contribution in [0.15, 0.2) is 91.0 Å². The van der Waals surface area contributed by atoms with E-state index in [2.05, 4.69) is 0 Å². The molecule has 1 saturated heterocycles. The van der Waals surface area contributed by atoms with Gasteiger partial charge in [0, 0.05) is 4.43 Å². The van der Waals surface area contributed by atoms with Crippen molar-refractivity contribution in [1.29, 1.82) is 0 Å².